The Hall–Kier alpha value is -2.70. The summed E-state index contributed by atoms with van der Waals surface area (Å²) in [5, 5.41) is 27.8. The minimum atomic E-state index is -1.46. The number of fused-ring (bicyclic) bond motifs is 2. The summed E-state index contributed by atoms with van der Waals surface area (Å²) in [5.41, 5.74) is 4.10. The fourth-order valence-corrected chi connectivity index (χ4v) is 4.39. The molecule has 0 bridgehead atoms. The molecule has 30 heavy (non-hydrogen) atoms. The van der Waals surface area contributed by atoms with E-state index in [9.17, 15) is 10.0 Å². The van der Waals surface area contributed by atoms with Crippen molar-refractivity contribution in [2.45, 2.75) is 19.6 Å². The topological polar surface area (TPSA) is 55.7 Å². The van der Waals surface area contributed by atoms with Gasteiger partial charge in [0.1, 0.15) is 0 Å². The third-order valence-corrected chi connectivity index (χ3v) is 5.71. The molecule has 0 radical (unpaired) electrons. The summed E-state index contributed by atoms with van der Waals surface area (Å²) in [5.74, 6) is 0. The predicted octanol–water partition coefficient (Wildman–Crippen LogP) is 3.02. The van der Waals surface area contributed by atoms with Gasteiger partial charge in [-0.1, -0.05) is 72.8 Å². The number of hydrogen-bond acceptors (Lipinski definition) is 4. The Morgan fingerprint density at radius 1 is 0.733 bits per heavy atom. The molecule has 4 nitrogen and oxygen atoms in total. The first-order chi connectivity index (χ1) is 14.6. The number of nitrogens with one attached hydrogen (secondary N) is 1. The van der Waals surface area contributed by atoms with Gasteiger partial charge in [0.25, 0.3) is 0 Å². The summed E-state index contributed by atoms with van der Waals surface area (Å²) >= 11 is 0. The van der Waals surface area contributed by atoms with Gasteiger partial charge in [0.05, 0.1) is 0 Å². The van der Waals surface area contributed by atoms with Crippen molar-refractivity contribution in [2.75, 3.05) is 14.1 Å². The highest BCUT2D eigenvalue weighted by atomic mass is 16.4. The summed E-state index contributed by atoms with van der Waals surface area (Å²) < 4.78 is 0. The monoisotopic (exact) mass is 398 g/mol. The molecule has 3 N–H and O–H groups in total. The first kappa shape index (κ1) is 20.6. The van der Waals surface area contributed by atoms with E-state index >= 15 is 0 Å². The van der Waals surface area contributed by atoms with Crippen molar-refractivity contribution in [2.24, 2.45) is 0 Å². The van der Waals surface area contributed by atoms with Crippen LogP contribution >= 0.6 is 0 Å². The van der Waals surface area contributed by atoms with Crippen molar-refractivity contribution >= 4 is 34.1 Å². The summed E-state index contributed by atoms with van der Waals surface area (Å²) in [6.07, 6.45) is 0. The minimum Gasteiger partial charge on any atom is -0.423 e. The molecular weight excluding hydrogens is 371 g/mol. The van der Waals surface area contributed by atoms with E-state index in [0.717, 1.165) is 18.7 Å². The Kier molecular flexibility index (Phi) is 6.16. The molecule has 0 fully saturated rings. The van der Waals surface area contributed by atoms with Crippen LogP contribution in [-0.4, -0.2) is 36.2 Å². The Morgan fingerprint density at radius 2 is 1.23 bits per heavy atom. The molecule has 0 aliphatic heterocycles. The third-order valence-electron chi connectivity index (χ3n) is 5.71. The molecule has 4 rings (SSSR count). The van der Waals surface area contributed by atoms with Crippen LogP contribution in [0.1, 0.15) is 16.7 Å². The zero-order chi connectivity index (χ0) is 21.1. The summed E-state index contributed by atoms with van der Waals surface area (Å²) in [7, 11) is 2.60. The molecule has 0 atom stereocenters. The van der Waals surface area contributed by atoms with Crippen molar-refractivity contribution in [3.8, 4) is 0 Å². The number of benzene rings is 4. The lowest BCUT2D eigenvalue weighted by molar-refractivity contribution is 0.321. The highest BCUT2D eigenvalue weighted by Crippen LogP contribution is 2.33. The van der Waals surface area contributed by atoms with Crippen LogP contribution in [0.2, 0.25) is 0 Å². The largest absolute Gasteiger partial charge is 0.488 e. The van der Waals surface area contributed by atoms with E-state index in [2.05, 4.69) is 65.8 Å². The SMILES string of the molecule is CNCc1c2ccccc2c(CN(C)Cc2ccccc2B(O)O)c2ccccc12. The first-order valence-electron chi connectivity index (χ1n) is 10.3. The molecule has 0 spiro atoms. The predicted molar refractivity (Wildman–Crippen MR) is 126 cm³/mol. The Morgan fingerprint density at radius 3 is 1.77 bits per heavy atom. The van der Waals surface area contributed by atoms with Crippen LogP contribution in [0.15, 0.2) is 72.8 Å². The maximum atomic E-state index is 9.70. The van der Waals surface area contributed by atoms with Crippen LogP contribution in [0.3, 0.4) is 0 Å². The molecule has 4 aromatic carbocycles. The van der Waals surface area contributed by atoms with Gasteiger partial charge in [-0.15, -0.1) is 0 Å². The van der Waals surface area contributed by atoms with Crippen LogP contribution in [-0.2, 0) is 19.6 Å². The van der Waals surface area contributed by atoms with Gasteiger partial charge in [-0.2, -0.15) is 0 Å². The second kappa shape index (κ2) is 8.98. The van der Waals surface area contributed by atoms with Crippen molar-refractivity contribution in [3.05, 3.63) is 89.5 Å². The van der Waals surface area contributed by atoms with E-state index in [4.69, 9.17) is 0 Å². The van der Waals surface area contributed by atoms with Crippen molar-refractivity contribution in [1.82, 2.24) is 10.2 Å². The fraction of sp³-hybridized carbons (Fsp3) is 0.200. The van der Waals surface area contributed by atoms with E-state index in [1.165, 1.54) is 32.7 Å². The zero-order valence-corrected chi connectivity index (χ0v) is 17.5. The summed E-state index contributed by atoms with van der Waals surface area (Å²) in [6.45, 7) is 2.21. The lowest BCUT2D eigenvalue weighted by atomic mass is 9.77. The highest BCUT2D eigenvalue weighted by Gasteiger charge is 2.18. The fourth-order valence-electron chi connectivity index (χ4n) is 4.39. The van der Waals surface area contributed by atoms with E-state index in [-0.39, 0.29) is 0 Å². The van der Waals surface area contributed by atoms with E-state index in [1.807, 2.05) is 25.2 Å². The molecule has 0 saturated carbocycles. The van der Waals surface area contributed by atoms with Crippen LogP contribution in [0.4, 0.5) is 0 Å². The van der Waals surface area contributed by atoms with Gasteiger partial charge in [-0.05, 0) is 57.8 Å². The van der Waals surface area contributed by atoms with Gasteiger partial charge in [-0.25, -0.2) is 0 Å². The van der Waals surface area contributed by atoms with Crippen molar-refractivity contribution < 1.29 is 10.0 Å². The van der Waals surface area contributed by atoms with Crippen molar-refractivity contribution in [3.63, 3.8) is 0 Å². The Bertz CT molecular complexity index is 1120. The molecule has 0 heterocycles. The molecule has 0 saturated heterocycles. The standard InChI is InChI=1S/C25H27BN2O2/c1-27-15-23-19-10-4-6-12-21(19)24(22-13-7-5-11-20(22)23)17-28(2)16-18-9-3-8-14-25(18)26(29)30/h3-14,27,29-30H,15-17H2,1-2H3. The average molecular weight is 398 g/mol. The third kappa shape index (κ3) is 3.98. The lowest BCUT2D eigenvalue weighted by Crippen LogP contribution is -2.35. The molecule has 152 valence electrons. The second-order valence-corrected chi connectivity index (χ2v) is 7.82. The average Bonchev–Trinajstić information content (AvgIpc) is 2.76. The van der Waals surface area contributed by atoms with E-state index in [1.54, 1.807) is 6.07 Å². The van der Waals surface area contributed by atoms with Crippen LogP contribution in [0.25, 0.3) is 21.5 Å². The Balaban J connectivity index is 1.78. The quantitative estimate of drug-likeness (QED) is 0.331. The molecule has 0 unspecified atom stereocenters. The van der Waals surface area contributed by atoms with E-state index in [0.29, 0.717) is 12.0 Å². The second-order valence-electron chi connectivity index (χ2n) is 7.82. The van der Waals surface area contributed by atoms with Gasteiger partial charge in [0.15, 0.2) is 0 Å². The minimum absolute atomic E-state index is 0.559. The number of nitrogens with zero attached hydrogens (tertiary/aromatic N) is 1. The summed E-state index contributed by atoms with van der Waals surface area (Å²) in [6, 6.07) is 24.7. The van der Waals surface area contributed by atoms with Gasteiger partial charge in [-0.3, -0.25) is 4.90 Å². The number of rotatable bonds is 7. The Labute approximate surface area is 177 Å². The van der Waals surface area contributed by atoms with Gasteiger partial charge in [0.2, 0.25) is 0 Å². The van der Waals surface area contributed by atoms with Gasteiger partial charge >= 0.3 is 7.12 Å². The van der Waals surface area contributed by atoms with Crippen LogP contribution in [0.5, 0.6) is 0 Å². The maximum absolute atomic E-state index is 9.70. The van der Waals surface area contributed by atoms with Crippen LogP contribution in [0, 0.1) is 0 Å². The molecule has 0 amide bonds. The molecule has 0 aliphatic carbocycles. The maximum Gasteiger partial charge on any atom is 0.488 e. The number of hydrogen-bond donors (Lipinski definition) is 3. The first-order valence-corrected chi connectivity index (χ1v) is 10.3. The van der Waals surface area contributed by atoms with Gasteiger partial charge < -0.3 is 15.4 Å². The molecule has 4 aromatic rings. The lowest BCUT2D eigenvalue weighted by Gasteiger charge is -2.23. The summed E-state index contributed by atoms with van der Waals surface area (Å²) in [4.78, 5) is 2.23. The molecule has 0 aromatic heterocycles. The zero-order valence-electron chi connectivity index (χ0n) is 17.5. The van der Waals surface area contributed by atoms with E-state index < -0.39 is 7.12 Å². The smallest absolute Gasteiger partial charge is 0.423 e. The molecule has 0 aliphatic rings. The normalized spacial score (nSPS) is 11.5. The highest BCUT2D eigenvalue weighted by molar-refractivity contribution is 6.59. The van der Waals surface area contributed by atoms with Gasteiger partial charge in [0, 0.05) is 19.6 Å². The van der Waals surface area contributed by atoms with Crippen molar-refractivity contribution in [1.29, 1.82) is 0 Å². The van der Waals surface area contributed by atoms with Crippen LogP contribution < -0.4 is 10.8 Å². The molecular formula is C25H27BN2O2. The molecule has 5 heteroatoms.